The van der Waals surface area contributed by atoms with Crippen LogP contribution in [0.25, 0.3) is 0 Å². The van der Waals surface area contributed by atoms with Gasteiger partial charge in [-0.3, -0.25) is 0 Å². The van der Waals surface area contributed by atoms with Crippen molar-refractivity contribution >= 4 is 0 Å². The summed E-state index contributed by atoms with van der Waals surface area (Å²) in [7, 11) is 0. The van der Waals surface area contributed by atoms with Gasteiger partial charge in [0.1, 0.15) is 11.5 Å². The summed E-state index contributed by atoms with van der Waals surface area (Å²) in [6, 6.07) is 2.51. The standard InChI is InChI=1S/C15H23NO/c1-5-7-8-9-15(16-10-6-2)14-11-12(3)17-13(14)4/h1,11,15-16H,6-10H2,2-4H3. The van der Waals surface area contributed by atoms with Crippen LogP contribution in [0.1, 0.15) is 55.7 Å². The molecule has 1 rings (SSSR count). The van der Waals surface area contributed by atoms with E-state index in [1.165, 1.54) is 5.56 Å². The van der Waals surface area contributed by atoms with Crippen LogP contribution >= 0.6 is 0 Å². The summed E-state index contributed by atoms with van der Waals surface area (Å²) in [5.74, 6) is 4.71. The Bertz CT molecular complexity index is 373. The topological polar surface area (TPSA) is 25.2 Å². The van der Waals surface area contributed by atoms with Crippen LogP contribution < -0.4 is 5.32 Å². The molecule has 0 bridgehead atoms. The molecule has 94 valence electrons. The molecule has 0 radical (unpaired) electrons. The first-order chi connectivity index (χ1) is 8.19. The highest BCUT2D eigenvalue weighted by Gasteiger charge is 2.15. The summed E-state index contributed by atoms with van der Waals surface area (Å²) in [6.45, 7) is 7.24. The summed E-state index contributed by atoms with van der Waals surface area (Å²) in [4.78, 5) is 0. The summed E-state index contributed by atoms with van der Waals surface area (Å²) in [6.07, 6.45) is 9.42. The van der Waals surface area contributed by atoms with Gasteiger partial charge in [-0.25, -0.2) is 0 Å². The van der Waals surface area contributed by atoms with E-state index in [1.54, 1.807) is 0 Å². The molecule has 1 atom stereocenters. The molecular weight excluding hydrogens is 210 g/mol. The minimum absolute atomic E-state index is 0.376. The molecule has 0 aromatic carbocycles. The maximum Gasteiger partial charge on any atom is 0.105 e. The Labute approximate surface area is 105 Å². The third-order valence-electron chi connectivity index (χ3n) is 2.91. The van der Waals surface area contributed by atoms with E-state index in [-0.39, 0.29) is 0 Å². The van der Waals surface area contributed by atoms with Crippen LogP contribution in [0, 0.1) is 26.2 Å². The van der Waals surface area contributed by atoms with Crippen LogP contribution in [0.4, 0.5) is 0 Å². The fourth-order valence-corrected chi connectivity index (χ4v) is 2.09. The van der Waals surface area contributed by atoms with Crippen LogP contribution in [-0.4, -0.2) is 6.54 Å². The van der Waals surface area contributed by atoms with Gasteiger partial charge in [-0.1, -0.05) is 6.92 Å². The maximum atomic E-state index is 5.60. The van der Waals surface area contributed by atoms with Gasteiger partial charge in [0, 0.05) is 18.0 Å². The molecule has 1 aromatic heterocycles. The second kappa shape index (κ2) is 7.19. The molecule has 1 heterocycles. The Morgan fingerprint density at radius 1 is 1.47 bits per heavy atom. The van der Waals surface area contributed by atoms with E-state index in [1.807, 2.05) is 13.8 Å². The number of aryl methyl sites for hydroxylation is 2. The number of hydrogen-bond donors (Lipinski definition) is 1. The Kier molecular flexibility index (Phi) is 5.86. The van der Waals surface area contributed by atoms with Gasteiger partial charge in [-0.15, -0.1) is 12.3 Å². The number of hydrogen-bond acceptors (Lipinski definition) is 2. The van der Waals surface area contributed by atoms with Crippen LogP contribution in [0.3, 0.4) is 0 Å². The number of terminal acetylenes is 1. The normalized spacial score (nSPS) is 12.4. The Morgan fingerprint density at radius 2 is 2.24 bits per heavy atom. The second-order valence-electron chi connectivity index (χ2n) is 4.47. The third-order valence-corrected chi connectivity index (χ3v) is 2.91. The smallest absolute Gasteiger partial charge is 0.105 e. The largest absolute Gasteiger partial charge is 0.466 e. The maximum absolute atomic E-state index is 5.60. The van der Waals surface area contributed by atoms with E-state index in [9.17, 15) is 0 Å². The van der Waals surface area contributed by atoms with E-state index < -0.39 is 0 Å². The molecule has 0 spiro atoms. The molecule has 0 saturated heterocycles. The zero-order valence-corrected chi connectivity index (χ0v) is 11.2. The van der Waals surface area contributed by atoms with Gasteiger partial charge in [0.25, 0.3) is 0 Å². The average Bonchev–Trinajstić information content (AvgIpc) is 2.63. The summed E-state index contributed by atoms with van der Waals surface area (Å²) >= 11 is 0. The van der Waals surface area contributed by atoms with Crippen molar-refractivity contribution in [1.82, 2.24) is 5.32 Å². The lowest BCUT2D eigenvalue weighted by atomic mass is 10.0. The van der Waals surface area contributed by atoms with Crippen molar-refractivity contribution < 1.29 is 4.42 Å². The molecule has 0 saturated carbocycles. The molecule has 0 aliphatic rings. The summed E-state index contributed by atoms with van der Waals surface area (Å²) in [5.41, 5.74) is 1.29. The van der Waals surface area contributed by atoms with E-state index in [0.717, 1.165) is 43.7 Å². The molecule has 0 aliphatic heterocycles. The summed E-state index contributed by atoms with van der Waals surface area (Å²) in [5, 5.41) is 3.57. The number of nitrogens with one attached hydrogen (secondary N) is 1. The lowest BCUT2D eigenvalue weighted by molar-refractivity contribution is 0.462. The lowest BCUT2D eigenvalue weighted by Crippen LogP contribution is -2.22. The van der Waals surface area contributed by atoms with Gasteiger partial charge in [0.2, 0.25) is 0 Å². The molecule has 2 heteroatoms. The molecule has 0 aliphatic carbocycles. The van der Waals surface area contributed by atoms with Gasteiger partial charge in [-0.2, -0.15) is 0 Å². The fourth-order valence-electron chi connectivity index (χ4n) is 2.09. The zero-order valence-electron chi connectivity index (χ0n) is 11.2. The average molecular weight is 233 g/mol. The molecular formula is C15H23NO. The molecule has 17 heavy (non-hydrogen) atoms. The first-order valence-corrected chi connectivity index (χ1v) is 6.42. The number of rotatable bonds is 7. The molecule has 2 nitrogen and oxygen atoms in total. The highest BCUT2D eigenvalue weighted by Crippen LogP contribution is 2.25. The SMILES string of the molecule is C#CCCCC(NCCC)c1cc(C)oc1C. The molecule has 0 amide bonds. The number of furan rings is 1. The van der Waals surface area contributed by atoms with E-state index in [2.05, 4.69) is 24.2 Å². The Balaban J connectivity index is 2.68. The van der Waals surface area contributed by atoms with Crippen LogP contribution in [0.2, 0.25) is 0 Å². The van der Waals surface area contributed by atoms with Gasteiger partial charge in [0.05, 0.1) is 0 Å². The van der Waals surface area contributed by atoms with Crippen LogP contribution in [0.15, 0.2) is 10.5 Å². The van der Waals surface area contributed by atoms with Crippen molar-refractivity contribution in [3.05, 3.63) is 23.2 Å². The van der Waals surface area contributed by atoms with Gasteiger partial charge < -0.3 is 9.73 Å². The second-order valence-corrected chi connectivity index (χ2v) is 4.47. The predicted octanol–water partition coefficient (Wildman–Crippen LogP) is 3.74. The molecule has 1 N–H and O–H groups in total. The van der Waals surface area contributed by atoms with Gasteiger partial charge in [-0.05, 0) is 45.7 Å². The van der Waals surface area contributed by atoms with E-state index in [0.29, 0.717) is 6.04 Å². The minimum atomic E-state index is 0.376. The first-order valence-electron chi connectivity index (χ1n) is 6.42. The third kappa shape index (κ3) is 4.28. The predicted molar refractivity (Wildman–Crippen MR) is 71.9 cm³/mol. The van der Waals surface area contributed by atoms with Crippen molar-refractivity contribution in [3.8, 4) is 12.3 Å². The van der Waals surface area contributed by atoms with Crippen molar-refractivity contribution in [1.29, 1.82) is 0 Å². The Hall–Kier alpha value is -1.20. The van der Waals surface area contributed by atoms with Crippen molar-refractivity contribution in [3.63, 3.8) is 0 Å². The van der Waals surface area contributed by atoms with Crippen LogP contribution in [0.5, 0.6) is 0 Å². The van der Waals surface area contributed by atoms with Crippen molar-refractivity contribution in [2.45, 2.75) is 52.5 Å². The molecule has 1 unspecified atom stereocenters. The van der Waals surface area contributed by atoms with Crippen molar-refractivity contribution in [2.75, 3.05) is 6.54 Å². The highest BCUT2D eigenvalue weighted by atomic mass is 16.3. The van der Waals surface area contributed by atoms with E-state index in [4.69, 9.17) is 10.8 Å². The number of unbranched alkanes of at least 4 members (excludes halogenated alkanes) is 1. The minimum Gasteiger partial charge on any atom is -0.466 e. The zero-order chi connectivity index (χ0) is 12.7. The van der Waals surface area contributed by atoms with Gasteiger partial charge in [0.15, 0.2) is 0 Å². The summed E-state index contributed by atoms with van der Waals surface area (Å²) < 4.78 is 5.60. The fraction of sp³-hybridized carbons (Fsp3) is 0.600. The Morgan fingerprint density at radius 3 is 2.76 bits per heavy atom. The quantitative estimate of drug-likeness (QED) is 0.573. The lowest BCUT2D eigenvalue weighted by Gasteiger charge is -2.17. The molecule has 1 aromatic rings. The monoisotopic (exact) mass is 233 g/mol. The molecule has 0 fully saturated rings. The van der Waals surface area contributed by atoms with Gasteiger partial charge >= 0.3 is 0 Å². The van der Waals surface area contributed by atoms with E-state index >= 15 is 0 Å². The first kappa shape index (κ1) is 13.9. The highest BCUT2D eigenvalue weighted by molar-refractivity contribution is 5.24. The van der Waals surface area contributed by atoms with Crippen molar-refractivity contribution in [2.24, 2.45) is 0 Å². The van der Waals surface area contributed by atoms with Crippen LogP contribution in [-0.2, 0) is 0 Å².